The number of hydrogen-bond donors (Lipinski definition) is 1. The molecule has 2 aromatic carbocycles. The second-order valence-corrected chi connectivity index (χ2v) is 8.88. The number of halogens is 1. The van der Waals surface area contributed by atoms with Crippen LogP contribution in [0.25, 0.3) is 6.08 Å². The van der Waals surface area contributed by atoms with Crippen LogP contribution in [0.4, 0.5) is 4.79 Å². The van der Waals surface area contributed by atoms with E-state index in [0.717, 1.165) is 36.1 Å². The van der Waals surface area contributed by atoms with Crippen molar-refractivity contribution in [2.75, 3.05) is 7.11 Å². The van der Waals surface area contributed by atoms with E-state index in [1.807, 2.05) is 12.1 Å². The lowest BCUT2D eigenvalue weighted by atomic mass is 10.0. The molecule has 4 amide bonds. The van der Waals surface area contributed by atoms with Gasteiger partial charge in [-0.2, -0.15) is 5.26 Å². The number of ether oxygens (including phenoxy) is 2. The summed E-state index contributed by atoms with van der Waals surface area (Å²) in [7, 11) is 1.48. The molecule has 1 saturated heterocycles. The number of hydrogen-bond acceptors (Lipinski definition) is 6. The Morgan fingerprint density at radius 2 is 1.94 bits per heavy atom. The van der Waals surface area contributed by atoms with Crippen LogP contribution >= 0.6 is 15.9 Å². The van der Waals surface area contributed by atoms with E-state index in [4.69, 9.17) is 9.47 Å². The van der Waals surface area contributed by atoms with Crippen LogP contribution in [0.2, 0.25) is 0 Å². The number of benzene rings is 2. The van der Waals surface area contributed by atoms with Crippen molar-refractivity contribution in [2.45, 2.75) is 38.3 Å². The molecule has 1 heterocycles. The number of carbonyl (C=O) groups excluding carboxylic acids is 3. The summed E-state index contributed by atoms with van der Waals surface area (Å²) in [6.45, 7) is 0.151. The van der Waals surface area contributed by atoms with Crippen LogP contribution in [0.5, 0.6) is 11.5 Å². The third-order valence-corrected chi connectivity index (χ3v) is 6.48. The number of rotatable bonds is 6. The van der Waals surface area contributed by atoms with Gasteiger partial charge in [-0.05, 0) is 58.6 Å². The van der Waals surface area contributed by atoms with E-state index in [2.05, 4.69) is 27.3 Å². The Hall–Kier alpha value is -3.64. The van der Waals surface area contributed by atoms with Crippen LogP contribution in [-0.2, 0) is 16.2 Å². The maximum Gasteiger partial charge on any atom is 0.331 e. The largest absolute Gasteiger partial charge is 0.493 e. The number of carbonyl (C=O) groups is 3. The second-order valence-electron chi connectivity index (χ2n) is 8.02. The molecule has 8 nitrogen and oxygen atoms in total. The van der Waals surface area contributed by atoms with Gasteiger partial charge in [0.2, 0.25) is 0 Å². The van der Waals surface area contributed by atoms with E-state index in [1.165, 1.54) is 13.2 Å². The lowest BCUT2D eigenvalue weighted by molar-refractivity contribution is -0.131. The number of barbiturate groups is 1. The smallest absolute Gasteiger partial charge is 0.331 e. The van der Waals surface area contributed by atoms with Gasteiger partial charge in [0.25, 0.3) is 11.8 Å². The van der Waals surface area contributed by atoms with Crippen molar-refractivity contribution in [2.24, 2.45) is 0 Å². The first-order chi connectivity index (χ1) is 16.4. The zero-order valence-electron chi connectivity index (χ0n) is 18.5. The summed E-state index contributed by atoms with van der Waals surface area (Å²) in [5.41, 5.74) is 1.65. The lowest BCUT2D eigenvalue weighted by Gasteiger charge is -2.31. The van der Waals surface area contributed by atoms with Gasteiger partial charge < -0.3 is 9.47 Å². The molecule has 0 atom stereocenters. The molecule has 2 aliphatic rings. The fraction of sp³-hybridized carbons (Fsp3) is 0.280. The molecule has 0 unspecified atom stereocenters. The first-order valence-electron chi connectivity index (χ1n) is 10.8. The maximum atomic E-state index is 13.0. The van der Waals surface area contributed by atoms with Crippen molar-refractivity contribution < 1.29 is 23.9 Å². The molecular formula is C25H22BrN3O5. The van der Waals surface area contributed by atoms with E-state index in [1.54, 1.807) is 24.3 Å². The van der Waals surface area contributed by atoms with Gasteiger partial charge in [-0.1, -0.05) is 31.0 Å². The number of nitrogens with zero attached hydrogens (tertiary/aromatic N) is 2. The van der Waals surface area contributed by atoms with E-state index in [9.17, 15) is 19.6 Å². The zero-order valence-corrected chi connectivity index (χ0v) is 20.1. The maximum absolute atomic E-state index is 13.0. The van der Waals surface area contributed by atoms with Crippen molar-refractivity contribution in [1.29, 1.82) is 5.26 Å². The molecule has 2 aromatic rings. The summed E-state index contributed by atoms with van der Waals surface area (Å²) in [6, 6.07) is 11.7. The molecule has 9 heteroatoms. The fourth-order valence-electron chi connectivity index (χ4n) is 4.20. The summed E-state index contributed by atoms with van der Waals surface area (Å²) in [4.78, 5) is 39.0. The minimum atomic E-state index is -0.729. The zero-order chi connectivity index (χ0) is 24.2. The summed E-state index contributed by atoms with van der Waals surface area (Å²) >= 11 is 3.47. The number of urea groups is 1. The molecule has 34 heavy (non-hydrogen) atoms. The summed E-state index contributed by atoms with van der Waals surface area (Å²) < 4.78 is 11.9. The van der Waals surface area contributed by atoms with Crippen LogP contribution in [0.15, 0.2) is 46.4 Å². The van der Waals surface area contributed by atoms with Gasteiger partial charge in [-0.15, -0.1) is 0 Å². The SMILES string of the molecule is COc1cc(/C=C2\C(=O)NC(=O)N(C3CCCC3)C2=O)cc(Br)c1OCc1ccccc1C#N. The average molecular weight is 524 g/mol. The van der Waals surface area contributed by atoms with Crippen molar-refractivity contribution in [3.05, 3.63) is 63.1 Å². The summed E-state index contributed by atoms with van der Waals surface area (Å²) in [6.07, 6.45) is 4.80. The van der Waals surface area contributed by atoms with Gasteiger partial charge in [-0.25, -0.2) is 4.79 Å². The normalized spacial score (nSPS) is 17.6. The Balaban J connectivity index is 1.61. The van der Waals surface area contributed by atoms with Gasteiger partial charge >= 0.3 is 6.03 Å². The Labute approximate surface area is 205 Å². The van der Waals surface area contributed by atoms with E-state index < -0.39 is 17.8 Å². The van der Waals surface area contributed by atoms with Crippen LogP contribution in [-0.4, -0.2) is 35.9 Å². The van der Waals surface area contributed by atoms with Crippen molar-refractivity contribution in [1.82, 2.24) is 10.2 Å². The molecule has 0 aromatic heterocycles. The van der Waals surface area contributed by atoms with Gasteiger partial charge in [0.05, 0.1) is 23.2 Å². The summed E-state index contributed by atoms with van der Waals surface area (Å²) in [5, 5.41) is 11.6. The molecule has 1 aliphatic heterocycles. The van der Waals surface area contributed by atoms with E-state index >= 15 is 0 Å². The third kappa shape index (κ3) is 4.68. The number of amides is 4. The van der Waals surface area contributed by atoms with Crippen molar-refractivity contribution in [3.63, 3.8) is 0 Å². The second kappa shape index (κ2) is 10.1. The highest BCUT2D eigenvalue weighted by molar-refractivity contribution is 9.10. The Morgan fingerprint density at radius 1 is 1.21 bits per heavy atom. The fourth-order valence-corrected chi connectivity index (χ4v) is 4.77. The molecule has 2 fully saturated rings. The first-order valence-corrected chi connectivity index (χ1v) is 11.6. The molecule has 1 aliphatic carbocycles. The highest BCUT2D eigenvalue weighted by Gasteiger charge is 2.40. The topological polar surface area (TPSA) is 109 Å². The number of nitriles is 1. The monoisotopic (exact) mass is 523 g/mol. The van der Waals surface area contributed by atoms with Crippen LogP contribution < -0.4 is 14.8 Å². The predicted molar refractivity (Wildman–Crippen MR) is 127 cm³/mol. The Bertz CT molecular complexity index is 1230. The van der Waals surface area contributed by atoms with Crippen LogP contribution in [0.1, 0.15) is 42.4 Å². The predicted octanol–water partition coefficient (Wildman–Crippen LogP) is 4.31. The Morgan fingerprint density at radius 3 is 2.65 bits per heavy atom. The Kier molecular flexibility index (Phi) is 6.98. The average Bonchev–Trinajstić information content (AvgIpc) is 3.35. The van der Waals surface area contributed by atoms with Crippen molar-refractivity contribution >= 4 is 39.9 Å². The van der Waals surface area contributed by atoms with Crippen LogP contribution in [0, 0.1) is 11.3 Å². The molecule has 0 bridgehead atoms. The molecule has 0 radical (unpaired) electrons. The van der Waals surface area contributed by atoms with E-state index in [0.29, 0.717) is 27.1 Å². The van der Waals surface area contributed by atoms with Gasteiger partial charge in [-0.3, -0.25) is 19.8 Å². The molecule has 4 rings (SSSR count). The highest BCUT2D eigenvalue weighted by Crippen LogP contribution is 2.38. The molecule has 174 valence electrons. The molecule has 1 N–H and O–H groups in total. The highest BCUT2D eigenvalue weighted by atomic mass is 79.9. The lowest BCUT2D eigenvalue weighted by Crippen LogP contribution is -2.57. The van der Waals surface area contributed by atoms with Gasteiger partial charge in [0, 0.05) is 11.6 Å². The van der Waals surface area contributed by atoms with Gasteiger partial charge in [0.1, 0.15) is 12.2 Å². The number of nitrogens with one attached hydrogen (secondary N) is 1. The summed E-state index contributed by atoms with van der Waals surface area (Å²) in [5.74, 6) is -0.528. The van der Waals surface area contributed by atoms with Crippen molar-refractivity contribution in [3.8, 4) is 17.6 Å². The molecular weight excluding hydrogens is 502 g/mol. The van der Waals surface area contributed by atoms with Crippen LogP contribution in [0.3, 0.4) is 0 Å². The minimum absolute atomic E-state index is 0.114. The molecule has 1 saturated carbocycles. The number of imide groups is 2. The molecule has 0 spiro atoms. The first kappa shape index (κ1) is 23.5. The van der Waals surface area contributed by atoms with E-state index in [-0.39, 0.29) is 18.2 Å². The minimum Gasteiger partial charge on any atom is -0.493 e. The number of methoxy groups -OCH3 is 1. The standard InChI is InChI=1S/C25H22BrN3O5/c1-33-21-12-15(11-20(26)22(21)34-14-17-7-3-2-6-16(17)13-27)10-19-23(30)28-25(32)29(24(19)31)18-8-4-5-9-18/h2-3,6-7,10-12,18H,4-5,8-9,14H2,1H3,(H,28,30,32)/b19-10+. The third-order valence-electron chi connectivity index (χ3n) is 5.90. The van der Waals surface area contributed by atoms with Gasteiger partial charge in [0.15, 0.2) is 11.5 Å². The quantitative estimate of drug-likeness (QED) is 0.446.